The predicted molar refractivity (Wildman–Crippen MR) is 75.4 cm³/mol. The standard InChI is InChI=1S/C13H17N3O2S/c1-17-9-3-4-12(18-2)10(7-9)11(16-14)8-13-15-5-6-19-13/h3-7,11,16H,8,14H2,1-2H3. The van der Waals surface area contributed by atoms with E-state index in [2.05, 4.69) is 10.4 Å². The van der Waals surface area contributed by atoms with E-state index >= 15 is 0 Å². The topological polar surface area (TPSA) is 69.4 Å². The van der Waals surface area contributed by atoms with Crippen molar-refractivity contribution in [3.05, 3.63) is 40.3 Å². The highest BCUT2D eigenvalue weighted by molar-refractivity contribution is 7.09. The third kappa shape index (κ3) is 3.23. The number of thiazole rings is 1. The summed E-state index contributed by atoms with van der Waals surface area (Å²) in [6.07, 6.45) is 2.49. The van der Waals surface area contributed by atoms with Gasteiger partial charge in [0.25, 0.3) is 0 Å². The molecule has 2 aromatic rings. The number of nitrogens with one attached hydrogen (secondary N) is 1. The van der Waals surface area contributed by atoms with E-state index in [9.17, 15) is 0 Å². The fourth-order valence-corrected chi connectivity index (χ4v) is 2.56. The lowest BCUT2D eigenvalue weighted by molar-refractivity contribution is 0.389. The Balaban J connectivity index is 2.30. The van der Waals surface area contributed by atoms with E-state index < -0.39 is 0 Å². The number of methoxy groups -OCH3 is 2. The van der Waals surface area contributed by atoms with Crippen molar-refractivity contribution in [1.82, 2.24) is 10.4 Å². The van der Waals surface area contributed by atoms with Gasteiger partial charge in [-0.25, -0.2) is 4.98 Å². The molecule has 2 rings (SSSR count). The first-order chi connectivity index (χ1) is 9.28. The Kier molecular flexibility index (Phi) is 4.73. The molecular weight excluding hydrogens is 262 g/mol. The van der Waals surface area contributed by atoms with E-state index in [-0.39, 0.29) is 6.04 Å². The summed E-state index contributed by atoms with van der Waals surface area (Å²) in [4.78, 5) is 4.28. The Morgan fingerprint density at radius 2 is 2.21 bits per heavy atom. The molecule has 0 bridgehead atoms. The molecule has 5 nitrogen and oxygen atoms in total. The summed E-state index contributed by atoms with van der Waals surface area (Å²) in [5.41, 5.74) is 3.77. The molecule has 0 radical (unpaired) electrons. The lowest BCUT2D eigenvalue weighted by atomic mass is 10.0. The van der Waals surface area contributed by atoms with E-state index in [0.717, 1.165) is 22.1 Å². The minimum atomic E-state index is -0.0730. The van der Waals surface area contributed by atoms with Crippen molar-refractivity contribution >= 4 is 11.3 Å². The van der Waals surface area contributed by atoms with Crippen LogP contribution in [0.1, 0.15) is 16.6 Å². The van der Waals surface area contributed by atoms with Crippen LogP contribution in [-0.4, -0.2) is 19.2 Å². The van der Waals surface area contributed by atoms with Gasteiger partial charge in [-0.3, -0.25) is 11.3 Å². The first-order valence-corrected chi connectivity index (χ1v) is 6.73. The van der Waals surface area contributed by atoms with E-state index in [1.807, 2.05) is 23.6 Å². The van der Waals surface area contributed by atoms with Crippen molar-refractivity contribution in [3.8, 4) is 11.5 Å². The SMILES string of the molecule is COc1ccc(OC)c(C(Cc2nccs2)NN)c1. The minimum Gasteiger partial charge on any atom is -0.497 e. The van der Waals surface area contributed by atoms with Crippen LogP contribution < -0.4 is 20.7 Å². The van der Waals surface area contributed by atoms with E-state index in [1.54, 1.807) is 31.8 Å². The molecular formula is C13H17N3O2S. The molecule has 6 heteroatoms. The van der Waals surface area contributed by atoms with Gasteiger partial charge in [0, 0.05) is 23.6 Å². The van der Waals surface area contributed by atoms with Crippen LogP contribution in [0.4, 0.5) is 0 Å². The second kappa shape index (κ2) is 6.51. The van der Waals surface area contributed by atoms with Gasteiger partial charge in [0.2, 0.25) is 0 Å². The summed E-state index contributed by atoms with van der Waals surface area (Å²) in [7, 11) is 3.28. The number of hydrogen-bond acceptors (Lipinski definition) is 6. The third-order valence-corrected chi connectivity index (χ3v) is 3.68. The molecule has 0 spiro atoms. The van der Waals surface area contributed by atoms with E-state index in [1.165, 1.54) is 0 Å². The van der Waals surface area contributed by atoms with Crippen LogP contribution in [0.15, 0.2) is 29.8 Å². The highest BCUT2D eigenvalue weighted by Crippen LogP contribution is 2.31. The van der Waals surface area contributed by atoms with Crippen LogP contribution in [0.2, 0.25) is 0 Å². The zero-order valence-corrected chi connectivity index (χ0v) is 11.7. The number of rotatable bonds is 6. The third-order valence-electron chi connectivity index (χ3n) is 2.88. The van der Waals surface area contributed by atoms with Gasteiger partial charge in [0.05, 0.1) is 25.3 Å². The number of hydrogen-bond donors (Lipinski definition) is 2. The number of nitrogens with zero attached hydrogens (tertiary/aromatic N) is 1. The highest BCUT2D eigenvalue weighted by Gasteiger charge is 2.17. The molecule has 1 aromatic heterocycles. The van der Waals surface area contributed by atoms with Gasteiger partial charge in [0.1, 0.15) is 11.5 Å². The van der Waals surface area contributed by atoms with Crippen molar-refractivity contribution in [2.75, 3.05) is 14.2 Å². The Bertz CT molecular complexity index is 517. The van der Waals surface area contributed by atoms with Crippen LogP contribution in [-0.2, 0) is 6.42 Å². The quantitative estimate of drug-likeness (QED) is 0.624. The lowest BCUT2D eigenvalue weighted by Gasteiger charge is -2.19. The van der Waals surface area contributed by atoms with Gasteiger partial charge >= 0.3 is 0 Å². The normalized spacial score (nSPS) is 12.2. The average molecular weight is 279 g/mol. The number of nitrogens with two attached hydrogens (primary N) is 1. The molecule has 19 heavy (non-hydrogen) atoms. The monoisotopic (exact) mass is 279 g/mol. The highest BCUT2D eigenvalue weighted by atomic mass is 32.1. The molecule has 0 aliphatic rings. The van der Waals surface area contributed by atoms with Gasteiger partial charge in [-0.1, -0.05) is 0 Å². The summed E-state index contributed by atoms with van der Waals surface area (Å²) < 4.78 is 10.6. The van der Waals surface area contributed by atoms with Crippen molar-refractivity contribution in [3.63, 3.8) is 0 Å². The largest absolute Gasteiger partial charge is 0.497 e. The molecule has 1 unspecified atom stereocenters. The molecule has 0 aliphatic heterocycles. The maximum absolute atomic E-state index is 5.67. The minimum absolute atomic E-state index is 0.0730. The van der Waals surface area contributed by atoms with E-state index in [0.29, 0.717) is 6.42 Å². The molecule has 0 saturated carbocycles. The number of hydrazine groups is 1. The first-order valence-electron chi connectivity index (χ1n) is 5.85. The predicted octanol–water partition coefficient (Wildman–Crippen LogP) is 1.91. The van der Waals surface area contributed by atoms with Gasteiger partial charge < -0.3 is 9.47 Å². The average Bonchev–Trinajstić information content (AvgIpc) is 2.97. The molecule has 0 amide bonds. The van der Waals surface area contributed by atoms with Crippen molar-refractivity contribution in [1.29, 1.82) is 0 Å². The maximum atomic E-state index is 5.67. The molecule has 0 aliphatic carbocycles. The van der Waals surface area contributed by atoms with Crippen LogP contribution in [0.25, 0.3) is 0 Å². The van der Waals surface area contributed by atoms with Crippen molar-refractivity contribution in [2.45, 2.75) is 12.5 Å². The summed E-state index contributed by atoms with van der Waals surface area (Å²) in [5, 5.41) is 2.97. The molecule has 0 saturated heterocycles. The Hall–Kier alpha value is -1.63. The summed E-state index contributed by atoms with van der Waals surface area (Å²) in [6, 6.07) is 5.59. The maximum Gasteiger partial charge on any atom is 0.123 e. The van der Waals surface area contributed by atoms with Crippen molar-refractivity contribution in [2.24, 2.45) is 5.84 Å². The molecule has 102 valence electrons. The Morgan fingerprint density at radius 3 is 2.79 bits per heavy atom. The van der Waals surface area contributed by atoms with E-state index in [4.69, 9.17) is 15.3 Å². The van der Waals surface area contributed by atoms with Gasteiger partial charge in [0.15, 0.2) is 0 Å². The lowest BCUT2D eigenvalue weighted by Crippen LogP contribution is -2.29. The van der Waals surface area contributed by atoms with Crippen LogP contribution in [0.3, 0.4) is 0 Å². The van der Waals surface area contributed by atoms with Crippen LogP contribution >= 0.6 is 11.3 Å². The van der Waals surface area contributed by atoms with Crippen LogP contribution in [0.5, 0.6) is 11.5 Å². The summed E-state index contributed by atoms with van der Waals surface area (Å²) >= 11 is 1.61. The molecule has 1 heterocycles. The zero-order chi connectivity index (χ0) is 13.7. The number of ether oxygens (including phenoxy) is 2. The molecule has 3 N–H and O–H groups in total. The molecule has 1 aromatic carbocycles. The summed E-state index contributed by atoms with van der Waals surface area (Å²) in [6.45, 7) is 0. The fraction of sp³-hybridized carbons (Fsp3) is 0.308. The fourth-order valence-electron chi connectivity index (χ4n) is 1.90. The second-order valence-electron chi connectivity index (χ2n) is 3.96. The number of benzene rings is 1. The summed E-state index contributed by atoms with van der Waals surface area (Å²) in [5.74, 6) is 7.22. The second-order valence-corrected chi connectivity index (χ2v) is 4.94. The first kappa shape index (κ1) is 13.8. The Morgan fingerprint density at radius 1 is 1.37 bits per heavy atom. The zero-order valence-electron chi connectivity index (χ0n) is 10.9. The number of aromatic nitrogens is 1. The Labute approximate surface area is 116 Å². The van der Waals surface area contributed by atoms with Crippen molar-refractivity contribution < 1.29 is 9.47 Å². The molecule has 1 atom stereocenters. The van der Waals surface area contributed by atoms with Gasteiger partial charge in [-0.2, -0.15) is 0 Å². The molecule has 0 fully saturated rings. The van der Waals surface area contributed by atoms with Crippen LogP contribution in [0, 0.1) is 0 Å². The smallest absolute Gasteiger partial charge is 0.123 e. The van der Waals surface area contributed by atoms with Gasteiger partial charge in [-0.05, 0) is 18.2 Å². The van der Waals surface area contributed by atoms with Gasteiger partial charge in [-0.15, -0.1) is 11.3 Å².